The van der Waals surface area contributed by atoms with E-state index >= 15 is 0 Å². The molecule has 5 nitrogen and oxygen atoms in total. The number of hydrogen-bond donors (Lipinski definition) is 1. The second kappa shape index (κ2) is 7.52. The van der Waals surface area contributed by atoms with E-state index in [1.54, 1.807) is 10.9 Å². The maximum absolute atomic E-state index is 12.3. The number of benzene rings is 2. The summed E-state index contributed by atoms with van der Waals surface area (Å²) < 4.78 is 1.62. The van der Waals surface area contributed by atoms with E-state index in [-0.39, 0.29) is 5.91 Å². The molecule has 0 fully saturated rings. The van der Waals surface area contributed by atoms with Crippen molar-refractivity contribution in [1.29, 1.82) is 0 Å². The van der Waals surface area contributed by atoms with Gasteiger partial charge in [0.25, 0.3) is 5.91 Å². The zero-order chi connectivity index (χ0) is 18.7. The Balaban J connectivity index is 1.65. The average Bonchev–Trinajstić information content (AvgIpc) is 3.12. The first-order valence-corrected chi connectivity index (χ1v) is 8.81. The molecule has 0 radical (unpaired) electrons. The van der Waals surface area contributed by atoms with E-state index in [1.807, 2.05) is 37.3 Å². The molecule has 0 unspecified atom stereocenters. The monoisotopic (exact) mass is 348 g/mol. The number of aromatic nitrogens is 3. The number of aryl methyl sites for hydroxylation is 2. The molecule has 2 aromatic carbocycles. The van der Waals surface area contributed by atoms with Gasteiger partial charge in [-0.2, -0.15) is 0 Å². The fraction of sp³-hybridized carbons (Fsp3) is 0.286. The highest BCUT2D eigenvalue weighted by Crippen LogP contribution is 2.15. The van der Waals surface area contributed by atoms with Gasteiger partial charge in [-0.25, -0.2) is 4.68 Å². The average molecular weight is 348 g/mol. The molecule has 0 bridgehead atoms. The summed E-state index contributed by atoms with van der Waals surface area (Å²) in [6.07, 6.45) is 1.65. The number of nitrogens with one attached hydrogen (secondary N) is 1. The first-order valence-electron chi connectivity index (χ1n) is 8.81. The summed E-state index contributed by atoms with van der Waals surface area (Å²) in [5.74, 6) is 0.270. The van der Waals surface area contributed by atoms with Crippen molar-refractivity contribution in [3.63, 3.8) is 0 Å². The Bertz CT molecular complexity index is 910. The fourth-order valence-corrected chi connectivity index (χ4v) is 2.66. The number of rotatable bonds is 5. The lowest BCUT2D eigenvalue weighted by Gasteiger charge is -2.07. The van der Waals surface area contributed by atoms with E-state index in [9.17, 15) is 4.79 Å². The topological polar surface area (TPSA) is 59.8 Å². The smallest absolute Gasteiger partial charge is 0.273 e. The van der Waals surface area contributed by atoms with Crippen molar-refractivity contribution in [2.45, 2.75) is 40.2 Å². The van der Waals surface area contributed by atoms with Gasteiger partial charge in [-0.15, -0.1) is 5.10 Å². The van der Waals surface area contributed by atoms with Gasteiger partial charge in [-0.3, -0.25) is 4.79 Å². The summed E-state index contributed by atoms with van der Waals surface area (Å²) in [5, 5.41) is 11.0. The van der Waals surface area contributed by atoms with Crippen LogP contribution in [0.25, 0.3) is 5.69 Å². The molecule has 1 heterocycles. The normalized spacial score (nSPS) is 11.0. The molecule has 1 aromatic heterocycles. The molecule has 3 rings (SSSR count). The summed E-state index contributed by atoms with van der Waals surface area (Å²) in [4.78, 5) is 12.3. The first-order chi connectivity index (χ1) is 12.4. The zero-order valence-corrected chi connectivity index (χ0v) is 15.7. The Kier molecular flexibility index (Phi) is 5.16. The molecule has 0 aliphatic heterocycles. The minimum absolute atomic E-state index is 0.229. The van der Waals surface area contributed by atoms with Gasteiger partial charge in [0.15, 0.2) is 5.69 Å². The van der Waals surface area contributed by atoms with Crippen LogP contribution in [0.4, 0.5) is 0 Å². The Hall–Kier alpha value is -2.95. The molecule has 26 heavy (non-hydrogen) atoms. The van der Waals surface area contributed by atoms with E-state index in [1.165, 1.54) is 16.7 Å². The second-order valence-electron chi connectivity index (χ2n) is 6.90. The molecule has 0 atom stereocenters. The number of nitrogens with zero attached hydrogens (tertiary/aromatic N) is 3. The summed E-state index contributed by atoms with van der Waals surface area (Å²) in [5.41, 5.74) is 5.94. The quantitative estimate of drug-likeness (QED) is 0.760. The van der Waals surface area contributed by atoms with Crippen molar-refractivity contribution in [2.24, 2.45) is 0 Å². The van der Waals surface area contributed by atoms with Crippen LogP contribution in [-0.2, 0) is 6.54 Å². The van der Waals surface area contributed by atoms with Crippen LogP contribution >= 0.6 is 0 Å². The van der Waals surface area contributed by atoms with Crippen LogP contribution in [0.3, 0.4) is 0 Å². The number of amides is 1. The lowest BCUT2D eigenvalue weighted by molar-refractivity contribution is 0.0946. The highest BCUT2D eigenvalue weighted by molar-refractivity contribution is 5.91. The third-order valence-corrected chi connectivity index (χ3v) is 4.58. The lowest BCUT2D eigenvalue weighted by atomic mass is 10.0. The van der Waals surface area contributed by atoms with Crippen LogP contribution in [0.2, 0.25) is 0 Å². The highest BCUT2D eigenvalue weighted by Gasteiger charge is 2.11. The lowest BCUT2D eigenvalue weighted by Crippen LogP contribution is -2.23. The predicted molar refractivity (Wildman–Crippen MR) is 103 cm³/mol. The van der Waals surface area contributed by atoms with Crippen LogP contribution < -0.4 is 5.32 Å². The molecule has 134 valence electrons. The van der Waals surface area contributed by atoms with Gasteiger partial charge in [0.1, 0.15) is 0 Å². The molecule has 0 saturated heterocycles. The van der Waals surface area contributed by atoms with Gasteiger partial charge in [-0.05, 0) is 54.2 Å². The Morgan fingerprint density at radius 2 is 1.81 bits per heavy atom. The van der Waals surface area contributed by atoms with Crippen LogP contribution in [0, 0.1) is 13.8 Å². The fourth-order valence-electron chi connectivity index (χ4n) is 2.66. The summed E-state index contributed by atoms with van der Waals surface area (Å²) in [6, 6.07) is 14.3. The van der Waals surface area contributed by atoms with Gasteiger partial charge < -0.3 is 5.32 Å². The maximum Gasteiger partial charge on any atom is 0.273 e. The minimum atomic E-state index is -0.229. The van der Waals surface area contributed by atoms with Crippen molar-refractivity contribution >= 4 is 5.91 Å². The largest absolute Gasteiger partial charge is 0.347 e. The maximum atomic E-state index is 12.3. The van der Waals surface area contributed by atoms with Gasteiger partial charge in [0, 0.05) is 6.54 Å². The molecule has 1 N–H and O–H groups in total. The van der Waals surface area contributed by atoms with E-state index in [0.29, 0.717) is 18.2 Å². The van der Waals surface area contributed by atoms with Crippen LogP contribution in [0.1, 0.15) is 52.5 Å². The Morgan fingerprint density at radius 3 is 2.46 bits per heavy atom. The molecule has 1 amide bonds. The Labute approximate surface area is 154 Å². The van der Waals surface area contributed by atoms with E-state index in [0.717, 1.165) is 11.3 Å². The van der Waals surface area contributed by atoms with Crippen LogP contribution in [-0.4, -0.2) is 20.9 Å². The van der Waals surface area contributed by atoms with Crippen molar-refractivity contribution in [2.75, 3.05) is 0 Å². The van der Waals surface area contributed by atoms with E-state index in [2.05, 4.69) is 48.5 Å². The van der Waals surface area contributed by atoms with Crippen molar-refractivity contribution in [3.8, 4) is 5.69 Å². The van der Waals surface area contributed by atoms with Crippen LogP contribution in [0.5, 0.6) is 0 Å². The van der Waals surface area contributed by atoms with Gasteiger partial charge in [-0.1, -0.05) is 49.4 Å². The number of carbonyl (C=O) groups excluding carboxylic acids is 1. The molecular formula is C21H24N4O. The van der Waals surface area contributed by atoms with E-state index < -0.39 is 0 Å². The Morgan fingerprint density at radius 1 is 1.08 bits per heavy atom. The third kappa shape index (κ3) is 3.99. The molecule has 5 heteroatoms. The third-order valence-electron chi connectivity index (χ3n) is 4.58. The molecule has 0 saturated carbocycles. The molecule has 0 aliphatic carbocycles. The highest BCUT2D eigenvalue weighted by atomic mass is 16.2. The minimum Gasteiger partial charge on any atom is -0.347 e. The van der Waals surface area contributed by atoms with Crippen LogP contribution in [0.15, 0.2) is 48.7 Å². The van der Waals surface area contributed by atoms with E-state index in [4.69, 9.17) is 0 Å². The zero-order valence-electron chi connectivity index (χ0n) is 15.7. The number of carbonyl (C=O) groups is 1. The van der Waals surface area contributed by atoms with Crippen molar-refractivity contribution in [3.05, 3.63) is 76.6 Å². The molecule has 0 spiro atoms. The molecular weight excluding hydrogens is 324 g/mol. The van der Waals surface area contributed by atoms with Crippen molar-refractivity contribution in [1.82, 2.24) is 20.3 Å². The summed E-state index contributed by atoms with van der Waals surface area (Å²) in [6.45, 7) is 8.90. The van der Waals surface area contributed by atoms with Gasteiger partial charge >= 0.3 is 0 Å². The summed E-state index contributed by atoms with van der Waals surface area (Å²) in [7, 11) is 0. The first kappa shape index (κ1) is 17.9. The SMILES string of the molecule is Cc1ccc(-n2cc(C(=O)NCc3ccc(C(C)C)cc3)nn2)cc1C. The second-order valence-corrected chi connectivity index (χ2v) is 6.90. The van der Waals surface area contributed by atoms with Gasteiger partial charge in [0.05, 0.1) is 11.9 Å². The molecule has 0 aliphatic rings. The van der Waals surface area contributed by atoms with Crippen molar-refractivity contribution < 1.29 is 4.79 Å². The standard InChI is InChI=1S/C21H24N4O/c1-14(2)18-8-6-17(7-9-18)12-22-21(26)20-13-25(24-23-20)19-10-5-15(3)16(4)11-19/h5-11,13-14H,12H2,1-4H3,(H,22,26). The summed E-state index contributed by atoms with van der Waals surface area (Å²) >= 11 is 0. The number of hydrogen-bond acceptors (Lipinski definition) is 3. The predicted octanol–water partition coefficient (Wildman–Crippen LogP) is 3.94. The van der Waals surface area contributed by atoms with Gasteiger partial charge in [0.2, 0.25) is 0 Å². The molecule has 3 aromatic rings.